The second kappa shape index (κ2) is 6.89. The van der Waals surface area contributed by atoms with Gasteiger partial charge in [-0.15, -0.1) is 11.6 Å². The predicted molar refractivity (Wildman–Crippen MR) is 68.5 cm³/mol. The molecule has 0 aromatic carbocycles. The topological polar surface area (TPSA) is 49.9 Å². The average Bonchev–Trinajstić information content (AvgIpc) is 2.35. The van der Waals surface area contributed by atoms with Crippen LogP contribution in [0.4, 0.5) is 0 Å². The lowest BCUT2D eigenvalue weighted by molar-refractivity contribution is 0.0620. The van der Waals surface area contributed by atoms with Crippen LogP contribution in [0, 0.1) is 0 Å². The lowest BCUT2D eigenvalue weighted by Gasteiger charge is -2.33. The van der Waals surface area contributed by atoms with Crippen LogP contribution in [0.1, 0.15) is 19.3 Å². The van der Waals surface area contributed by atoms with E-state index >= 15 is 0 Å². The first-order valence-electron chi connectivity index (χ1n) is 5.83. The number of alkyl halides is 1. The Morgan fingerprint density at radius 3 is 2.41 bits per heavy atom. The molecule has 0 N–H and O–H groups in total. The Labute approximate surface area is 109 Å². The summed E-state index contributed by atoms with van der Waals surface area (Å²) in [4.78, 5) is 0. The lowest BCUT2D eigenvalue weighted by Crippen LogP contribution is -2.47. The van der Waals surface area contributed by atoms with E-state index in [1.165, 1.54) is 8.61 Å². The van der Waals surface area contributed by atoms with Gasteiger partial charge in [0.05, 0.1) is 0 Å². The molecular weight excluding hydrogens is 264 g/mol. The van der Waals surface area contributed by atoms with E-state index in [9.17, 15) is 8.42 Å². The molecule has 0 saturated carbocycles. The van der Waals surface area contributed by atoms with E-state index in [1.807, 2.05) is 0 Å². The zero-order chi connectivity index (χ0) is 12.9. The Morgan fingerprint density at radius 2 is 1.88 bits per heavy atom. The van der Waals surface area contributed by atoms with E-state index in [0.717, 1.165) is 12.8 Å². The molecule has 0 radical (unpaired) electrons. The standard InChI is InChI=1S/C10H21ClN2O3S/c1-12(7-3-6-11)17(14,15)13(2)10-4-8-16-9-5-10/h10H,3-9H2,1-2H3. The maximum Gasteiger partial charge on any atom is 0.281 e. The van der Waals surface area contributed by atoms with Crippen molar-refractivity contribution in [3.8, 4) is 0 Å². The third kappa shape index (κ3) is 4.06. The fourth-order valence-electron chi connectivity index (χ4n) is 1.85. The minimum absolute atomic E-state index is 0.0483. The van der Waals surface area contributed by atoms with Gasteiger partial charge in [-0.3, -0.25) is 0 Å². The van der Waals surface area contributed by atoms with Gasteiger partial charge in [0, 0.05) is 45.8 Å². The molecule has 0 spiro atoms. The van der Waals surface area contributed by atoms with Crippen molar-refractivity contribution < 1.29 is 13.2 Å². The highest BCUT2D eigenvalue weighted by Crippen LogP contribution is 2.17. The van der Waals surface area contributed by atoms with E-state index in [1.54, 1.807) is 14.1 Å². The first kappa shape index (κ1) is 15.2. The Kier molecular flexibility index (Phi) is 6.16. The van der Waals surface area contributed by atoms with Gasteiger partial charge in [0.1, 0.15) is 0 Å². The molecule has 0 atom stereocenters. The van der Waals surface area contributed by atoms with Crippen LogP contribution in [0.3, 0.4) is 0 Å². The molecule has 7 heteroatoms. The molecule has 17 heavy (non-hydrogen) atoms. The van der Waals surface area contributed by atoms with Crippen LogP contribution >= 0.6 is 11.6 Å². The van der Waals surface area contributed by atoms with E-state index in [2.05, 4.69) is 0 Å². The van der Waals surface area contributed by atoms with Gasteiger partial charge in [-0.2, -0.15) is 17.0 Å². The Balaban J connectivity index is 2.61. The molecule has 1 aliphatic heterocycles. The van der Waals surface area contributed by atoms with E-state index < -0.39 is 10.2 Å². The highest BCUT2D eigenvalue weighted by atomic mass is 35.5. The van der Waals surface area contributed by atoms with Gasteiger partial charge in [-0.1, -0.05) is 0 Å². The molecule has 1 fully saturated rings. The number of rotatable bonds is 6. The minimum Gasteiger partial charge on any atom is -0.381 e. The molecule has 0 aromatic rings. The van der Waals surface area contributed by atoms with Crippen molar-refractivity contribution in [2.24, 2.45) is 0 Å². The van der Waals surface area contributed by atoms with Gasteiger partial charge >= 0.3 is 0 Å². The fraction of sp³-hybridized carbons (Fsp3) is 1.00. The van der Waals surface area contributed by atoms with Gasteiger partial charge in [-0.05, 0) is 19.3 Å². The highest BCUT2D eigenvalue weighted by Gasteiger charge is 2.30. The summed E-state index contributed by atoms with van der Waals surface area (Å²) in [6.45, 7) is 1.73. The normalized spacial score (nSPS) is 19.1. The summed E-state index contributed by atoms with van der Waals surface area (Å²) < 4.78 is 32.5. The minimum atomic E-state index is -3.36. The predicted octanol–water partition coefficient (Wildman–Crippen LogP) is 0.903. The van der Waals surface area contributed by atoms with Gasteiger partial charge in [0.15, 0.2) is 0 Å². The third-order valence-corrected chi connectivity index (χ3v) is 5.33. The molecule has 0 aromatic heterocycles. The Hall–Kier alpha value is 0.120. The van der Waals surface area contributed by atoms with Crippen molar-refractivity contribution in [2.75, 3.05) is 39.7 Å². The summed E-state index contributed by atoms with van der Waals surface area (Å²) in [5.74, 6) is 0.473. The van der Waals surface area contributed by atoms with Crippen molar-refractivity contribution >= 4 is 21.8 Å². The molecular formula is C10H21ClN2O3S. The summed E-state index contributed by atoms with van der Waals surface area (Å²) in [7, 11) is -0.122. The number of hydrogen-bond acceptors (Lipinski definition) is 3. The number of nitrogens with zero attached hydrogens (tertiary/aromatic N) is 2. The number of halogens is 1. The number of hydrogen-bond donors (Lipinski definition) is 0. The van der Waals surface area contributed by atoms with Gasteiger partial charge in [0.25, 0.3) is 10.2 Å². The molecule has 1 saturated heterocycles. The second-order valence-corrected chi connectivity index (χ2v) is 6.70. The molecule has 1 heterocycles. The van der Waals surface area contributed by atoms with Crippen LogP contribution in [0.2, 0.25) is 0 Å². The van der Waals surface area contributed by atoms with Crippen molar-refractivity contribution in [1.29, 1.82) is 0 Å². The Morgan fingerprint density at radius 1 is 1.29 bits per heavy atom. The van der Waals surface area contributed by atoms with Crippen LogP contribution < -0.4 is 0 Å². The average molecular weight is 285 g/mol. The van der Waals surface area contributed by atoms with E-state index in [-0.39, 0.29) is 6.04 Å². The molecule has 0 unspecified atom stereocenters. The molecule has 0 bridgehead atoms. The second-order valence-electron chi connectivity index (χ2n) is 4.23. The van der Waals surface area contributed by atoms with Crippen molar-refractivity contribution in [2.45, 2.75) is 25.3 Å². The zero-order valence-electron chi connectivity index (χ0n) is 10.4. The first-order valence-corrected chi connectivity index (χ1v) is 7.76. The summed E-state index contributed by atoms with van der Waals surface area (Å²) in [6, 6.07) is 0.0483. The molecule has 0 aliphatic carbocycles. The van der Waals surface area contributed by atoms with E-state index in [4.69, 9.17) is 16.3 Å². The monoisotopic (exact) mass is 284 g/mol. The smallest absolute Gasteiger partial charge is 0.281 e. The van der Waals surface area contributed by atoms with E-state index in [0.29, 0.717) is 32.1 Å². The largest absolute Gasteiger partial charge is 0.381 e. The van der Waals surface area contributed by atoms with Crippen molar-refractivity contribution in [3.63, 3.8) is 0 Å². The van der Waals surface area contributed by atoms with Crippen LogP contribution in [0.5, 0.6) is 0 Å². The molecule has 1 rings (SSSR count). The Bertz CT molecular complexity index is 318. The highest BCUT2D eigenvalue weighted by molar-refractivity contribution is 7.86. The fourth-order valence-corrected chi connectivity index (χ4v) is 3.36. The summed E-state index contributed by atoms with van der Waals surface area (Å²) in [6.07, 6.45) is 2.19. The van der Waals surface area contributed by atoms with Gasteiger partial charge in [0.2, 0.25) is 0 Å². The lowest BCUT2D eigenvalue weighted by atomic mass is 10.1. The van der Waals surface area contributed by atoms with Crippen LogP contribution in [0.25, 0.3) is 0 Å². The van der Waals surface area contributed by atoms with Gasteiger partial charge in [-0.25, -0.2) is 0 Å². The van der Waals surface area contributed by atoms with Crippen molar-refractivity contribution in [3.05, 3.63) is 0 Å². The third-order valence-electron chi connectivity index (χ3n) is 3.07. The van der Waals surface area contributed by atoms with Crippen LogP contribution in [0.15, 0.2) is 0 Å². The number of ether oxygens (including phenoxy) is 1. The summed E-state index contributed by atoms with van der Waals surface area (Å²) in [5.41, 5.74) is 0. The van der Waals surface area contributed by atoms with Crippen LogP contribution in [-0.2, 0) is 14.9 Å². The van der Waals surface area contributed by atoms with Crippen molar-refractivity contribution in [1.82, 2.24) is 8.61 Å². The molecule has 1 aliphatic rings. The molecule has 5 nitrogen and oxygen atoms in total. The SMILES string of the molecule is CN(CCCCl)S(=O)(=O)N(C)C1CCOCC1. The summed E-state index contributed by atoms with van der Waals surface area (Å²) in [5, 5.41) is 0. The quantitative estimate of drug-likeness (QED) is 0.681. The molecule has 102 valence electrons. The first-order chi connectivity index (χ1) is 8.00. The maximum absolute atomic E-state index is 12.2. The maximum atomic E-state index is 12.2. The van der Waals surface area contributed by atoms with Crippen LogP contribution in [-0.4, -0.2) is 62.8 Å². The zero-order valence-corrected chi connectivity index (χ0v) is 12.0. The summed E-state index contributed by atoms with van der Waals surface area (Å²) >= 11 is 5.57. The van der Waals surface area contributed by atoms with Gasteiger partial charge < -0.3 is 4.74 Å². The molecule has 0 amide bonds.